The van der Waals surface area contributed by atoms with Gasteiger partial charge in [0.05, 0.1) is 0 Å². The van der Waals surface area contributed by atoms with E-state index in [0.29, 0.717) is 10.9 Å². The molecule has 0 bridgehead atoms. The Morgan fingerprint density at radius 1 is 1.09 bits per heavy atom. The van der Waals surface area contributed by atoms with Crippen LogP contribution < -0.4 is 10.6 Å². The third-order valence-corrected chi connectivity index (χ3v) is 3.56. The number of rotatable bonds is 6. The van der Waals surface area contributed by atoms with Crippen molar-refractivity contribution in [2.45, 2.75) is 34.1 Å². The molecule has 1 aromatic carbocycles. The zero-order valence-electron chi connectivity index (χ0n) is 13.6. The number of nitrogens with zero attached hydrogens (tertiary/aromatic N) is 2. The van der Waals surface area contributed by atoms with Crippen molar-refractivity contribution in [2.75, 3.05) is 17.2 Å². The van der Waals surface area contributed by atoms with Crippen molar-refractivity contribution in [2.24, 2.45) is 5.92 Å². The normalized spacial score (nSPS) is 10.8. The maximum absolute atomic E-state index is 6.06. The SMILES string of the molecule is Cc1nc(NCCC(C)C)cc(Nc2cc(Cl)ccc2C)n1. The zero-order chi connectivity index (χ0) is 16.1. The molecule has 0 unspecified atom stereocenters. The monoisotopic (exact) mass is 318 g/mol. The number of halogens is 1. The van der Waals surface area contributed by atoms with Gasteiger partial charge < -0.3 is 10.6 Å². The van der Waals surface area contributed by atoms with E-state index >= 15 is 0 Å². The van der Waals surface area contributed by atoms with Crippen LogP contribution in [-0.2, 0) is 0 Å². The Kier molecular flexibility index (Phi) is 5.61. The molecule has 0 saturated carbocycles. The molecule has 4 nitrogen and oxygen atoms in total. The predicted molar refractivity (Wildman–Crippen MR) is 94.2 cm³/mol. The highest BCUT2D eigenvalue weighted by Gasteiger charge is 2.05. The Labute approximate surface area is 137 Å². The second kappa shape index (κ2) is 7.45. The van der Waals surface area contributed by atoms with Crippen molar-refractivity contribution in [3.05, 3.63) is 40.7 Å². The van der Waals surface area contributed by atoms with Gasteiger partial charge in [-0.15, -0.1) is 0 Å². The summed E-state index contributed by atoms with van der Waals surface area (Å²) in [6.07, 6.45) is 1.11. The molecule has 0 atom stereocenters. The summed E-state index contributed by atoms with van der Waals surface area (Å²) in [4.78, 5) is 8.86. The fourth-order valence-corrected chi connectivity index (χ4v) is 2.25. The lowest BCUT2D eigenvalue weighted by Crippen LogP contribution is -2.08. The molecule has 2 aromatic rings. The summed E-state index contributed by atoms with van der Waals surface area (Å²) in [5.74, 6) is 3.01. The first kappa shape index (κ1) is 16.6. The van der Waals surface area contributed by atoms with Crippen molar-refractivity contribution in [1.82, 2.24) is 9.97 Å². The summed E-state index contributed by atoms with van der Waals surface area (Å²) in [5, 5.41) is 7.37. The summed E-state index contributed by atoms with van der Waals surface area (Å²) in [7, 11) is 0. The fraction of sp³-hybridized carbons (Fsp3) is 0.412. The first-order valence-electron chi connectivity index (χ1n) is 7.57. The molecule has 2 N–H and O–H groups in total. The minimum atomic E-state index is 0.669. The molecule has 0 spiro atoms. The predicted octanol–water partition coefficient (Wildman–Crippen LogP) is 4.95. The number of aromatic nitrogens is 2. The number of nitrogens with one attached hydrogen (secondary N) is 2. The maximum atomic E-state index is 6.06. The molecule has 0 aliphatic heterocycles. The van der Waals surface area contributed by atoms with E-state index < -0.39 is 0 Å². The van der Waals surface area contributed by atoms with Crippen LogP contribution >= 0.6 is 11.6 Å². The summed E-state index contributed by atoms with van der Waals surface area (Å²) in [6.45, 7) is 9.26. The topological polar surface area (TPSA) is 49.8 Å². The highest BCUT2D eigenvalue weighted by Crippen LogP contribution is 2.24. The van der Waals surface area contributed by atoms with Gasteiger partial charge in [0.2, 0.25) is 0 Å². The molecule has 0 aliphatic rings. The smallest absolute Gasteiger partial charge is 0.136 e. The fourth-order valence-electron chi connectivity index (χ4n) is 2.08. The van der Waals surface area contributed by atoms with Gasteiger partial charge in [0.1, 0.15) is 17.5 Å². The van der Waals surface area contributed by atoms with E-state index in [-0.39, 0.29) is 0 Å². The van der Waals surface area contributed by atoms with E-state index in [0.717, 1.165) is 41.7 Å². The number of benzene rings is 1. The van der Waals surface area contributed by atoms with Crippen molar-refractivity contribution < 1.29 is 0 Å². The van der Waals surface area contributed by atoms with E-state index in [2.05, 4.69) is 34.4 Å². The molecule has 0 fully saturated rings. The second-order valence-electron chi connectivity index (χ2n) is 5.88. The molecule has 1 aromatic heterocycles. The summed E-state index contributed by atoms with van der Waals surface area (Å²) in [6, 6.07) is 7.70. The lowest BCUT2D eigenvalue weighted by atomic mass is 10.1. The summed E-state index contributed by atoms with van der Waals surface area (Å²) in [5.41, 5.74) is 2.08. The van der Waals surface area contributed by atoms with Crippen molar-refractivity contribution in [1.29, 1.82) is 0 Å². The van der Waals surface area contributed by atoms with Crippen LogP contribution in [0.25, 0.3) is 0 Å². The van der Waals surface area contributed by atoms with Crippen LogP contribution in [0.2, 0.25) is 5.02 Å². The van der Waals surface area contributed by atoms with Crippen LogP contribution in [0.15, 0.2) is 24.3 Å². The molecule has 0 radical (unpaired) electrons. The molecular weight excluding hydrogens is 296 g/mol. The molecular formula is C17H23ClN4. The van der Waals surface area contributed by atoms with Gasteiger partial charge in [-0.1, -0.05) is 31.5 Å². The average molecular weight is 319 g/mol. The minimum absolute atomic E-state index is 0.669. The van der Waals surface area contributed by atoms with Crippen LogP contribution in [0.5, 0.6) is 0 Å². The Morgan fingerprint density at radius 2 is 1.82 bits per heavy atom. The number of aryl methyl sites for hydroxylation is 2. The third-order valence-electron chi connectivity index (χ3n) is 3.33. The van der Waals surface area contributed by atoms with E-state index in [1.807, 2.05) is 38.1 Å². The maximum Gasteiger partial charge on any atom is 0.136 e. The lowest BCUT2D eigenvalue weighted by molar-refractivity contribution is 0.606. The summed E-state index contributed by atoms with van der Waals surface area (Å²) >= 11 is 6.06. The molecule has 1 heterocycles. The van der Waals surface area contributed by atoms with Gasteiger partial charge in [-0.3, -0.25) is 0 Å². The van der Waals surface area contributed by atoms with E-state index in [1.54, 1.807) is 0 Å². The Morgan fingerprint density at radius 3 is 2.55 bits per heavy atom. The van der Waals surface area contributed by atoms with Gasteiger partial charge in [-0.25, -0.2) is 9.97 Å². The van der Waals surface area contributed by atoms with Gasteiger partial charge >= 0.3 is 0 Å². The van der Waals surface area contributed by atoms with Crippen LogP contribution in [0.4, 0.5) is 17.3 Å². The second-order valence-corrected chi connectivity index (χ2v) is 6.32. The van der Waals surface area contributed by atoms with Gasteiger partial charge in [-0.05, 0) is 43.9 Å². The standard InChI is InChI=1S/C17H23ClN4/c1-11(2)7-8-19-16-10-17(21-13(4)20-16)22-15-9-14(18)6-5-12(15)3/h5-6,9-11H,7-8H2,1-4H3,(H2,19,20,21,22). The quantitative estimate of drug-likeness (QED) is 0.791. The van der Waals surface area contributed by atoms with Gasteiger partial charge in [0.15, 0.2) is 0 Å². The molecule has 0 saturated heterocycles. The van der Waals surface area contributed by atoms with E-state index in [9.17, 15) is 0 Å². The third kappa shape index (κ3) is 4.88. The molecule has 22 heavy (non-hydrogen) atoms. The molecule has 0 aliphatic carbocycles. The van der Waals surface area contributed by atoms with Gasteiger partial charge in [0.25, 0.3) is 0 Å². The van der Waals surface area contributed by atoms with Gasteiger partial charge in [-0.2, -0.15) is 0 Å². The number of anilines is 3. The Hall–Kier alpha value is -1.81. The first-order valence-corrected chi connectivity index (χ1v) is 7.94. The lowest BCUT2D eigenvalue weighted by Gasteiger charge is -2.12. The average Bonchev–Trinajstić information content (AvgIpc) is 2.42. The van der Waals surface area contributed by atoms with Crippen LogP contribution in [-0.4, -0.2) is 16.5 Å². The number of hydrogen-bond acceptors (Lipinski definition) is 4. The highest BCUT2D eigenvalue weighted by molar-refractivity contribution is 6.30. The highest BCUT2D eigenvalue weighted by atomic mass is 35.5. The largest absolute Gasteiger partial charge is 0.370 e. The van der Waals surface area contributed by atoms with Crippen LogP contribution in [0.3, 0.4) is 0 Å². The first-order chi connectivity index (χ1) is 10.4. The van der Waals surface area contributed by atoms with Crippen molar-refractivity contribution >= 4 is 28.9 Å². The van der Waals surface area contributed by atoms with Crippen molar-refractivity contribution in [3.63, 3.8) is 0 Å². The van der Waals surface area contributed by atoms with Gasteiger partial charge in [0, 0.05) is 23.3 Å². The molecule has 118 valence electrons. The number of hydrogen-bond donors (Lipinski definition) is 2. The Balaban J connectivity index is 2.13. The van der Waals surface area contributed by atoms with Crippen LogP contribution in [0.1, 0.15) is 31.7 Å². The molecule has 2 rings (SSSR count). The molecule has 0 amide bonds. The molecule has 5 heteroatoms. The minimum Gasteiger partial charge on any atom is -0.370 e. The van der Waals surface area contributed by atoms with E-state index in [1.165, 1.54) is 0 Å². The zero-order valence-corrected chi connectivity index (χ0v) is 14.3. The van der Waals surface area contributed by atoms with Crippen LogP contribution in [0, 0.1) is 19.8 Å². The summed E-state index contributed by atoms with van der Waals surface area (Å²) < 4.78 is 0. The van der Waals surface area contributed by atoms with Crippen molar-refractivity contribution in [3.8, 4) is 0 Å². The Bertz CT molecular complexity index is 641. The van der Waals surface area contributed by atoms with E-state index in [4.69, 9.17) is 11.6 Å².